The van der Waals surface area contributed by atoms with Gasteiger partial charge in [0.25, 0.3) is 0 Å². The first kappa shape index (κ1) is 30.8. The summed E-state index contributed by atoms with van der Waals surface area (Å²) in [7, 11) is 0. The molecule has 0 radical (unpaired) electrons. The third-order valence-electron chi connectivity index (χ3n) is 6.36. The molecule has 0 saturated heterocycles. The predicted octanol–water partition coefficient (Wildman–Crippen LogP) is 2.43. The summed E-state index contributed by atoms with van der Waals surface area (Å²) in [5.41, 5.74) is 7.70. The first-order valence-electron chi connectivity index (χ1n) is 13.1. The fourth-order valence-corrected chi connectivity index (χ4v) is 3.97. The van der Waals surface area contributed by atoms with Crippen LogP contribution in [0.5, 0.6) is 5.75 Å². The molecule has 0 fully saturated rings. The van der Waals surface area contributed by atoms with Crippen LogP contribution in [0.15, 0.2) is 54.6 Å². The van der Waals surface area contributed by atoms with Gasteiger partial charge in [0.05, 0.1) is 0 Å². The number of hydrogen-bond donors (Lipinski definition) is 5. The number of aliphatic hydroxyl groups excluding tert-OH is 1. The topological polar surface area (TPSA) is 151 Å². The number of rotatable bonds is 16. The van der Waals surface area contributed by atoms with Crippen LogP contribution in [0.25, 0.3) is 0 Å². The van der Waals surface area contributed by atoms with Gasteiger partial charge in [-0.25, -0.2) is 4.79 Å². The molecule has 0 aliphatic carbocycles. The van der Waals surface area contributed by atoms with Crippen LogP contribution in [0, 0.1) is 11.8 Å². The van der Waals surface area contributed by atoms with Crippen molar-refractivity contribution in [1.82, 2.24) is 10.6 Å². The van der Waals surface area contributed by atoms with E-state index in [2.05, 4.69) is 10.6 Å². The number of aliphatic hydroxyl groups is 1. The molecule has 38 heavy (non-hydrogen) atoms. The minimum absolute atomic E-state index is 0.0215. The molecule has 208 valence electrons. The highest BCUT2D eigenvalue weighted by molar-refractivity contribution is 5.91. The average molecular weight is 528 g/mol. The summed E-state index contributed by atoms with van der Waals surface area (Å²) in [4.78, 5) is 38.6. The Morgan fingerprint density at radius 2 is 1.58 bits per heavy atom. The third-order valence-corrected chi connectivity index (χ3v) is 6.36. The van der Waals surface area contributed by atoms with Gasteiger partial charge in [0.2, 0.25) is 11.8 Å². The van der Waals surface area contributed by atoms with Crippen LogP contribution in [0.4, 0.5) is 0 Å². The Morgan fingerprint density at radius 1 is 0.895 bits per heavy atom. The maximum absolute atomic E-state index is 13.2. The van der Waals surface area contributed by atoms with Crippen molar-refractivity contribution in [3.8, 4) is 5.75 Å². The summed E-state index contributed by atoms with van der Waals surface area (Å²) < 4.78 is 5.41. The Bertz CT molecular complexity index is 993. The highest BCUT2D eigenvalue weighted by atomic mass is 16.5. The SMILES string of the molecule is CC(C)C(NC(=O)C(NC(=O)CCCCCc1ccc(O)cc1)C(CN)CO)C(=O)OCc1ccccc1. The number of aromatic hydroxyl groups is 1. The zero-order valence-electron chi connectivity index (χ0n) is 22.3. The minimum Gasteiger partial charge on any atom is -0.508 e. The van der Waals surface area contributed by atoms with Crippen molar-refractivity contribution in [2.24, 2.45) is 17.6 Å². The highest BCUT2D eigenvalue weighted by Gasteiger charge is 2.33. The van der Waals surface area contributed by atoms with Gasteiger partial charge in [-0.1, -0.05) is 62.7 Å². The lowest BCUT2D eigenvalue weighted by atomic mass is 9.97. The number of aryl methyl sites for hydroxylation is 1. The fraction of sp³-hybridized carbons (Fsp3) is 0.483. The lowest BCUT2D eigenvalue weighted by molar-refractivity contribution is -0.150. The van der Waals surface area contributed by atoms with E-state index in [1.54, 1.807) is 26.0 Å². The summed E-state index contributed by atoms with van der Waals surface area (Å²) in [6.45, 7) is 3.23. The van der Waals surface area contributed by atoms with E-state index in [0.717, 1.165) is 30.4 Å². The van der Waals surface area contributed by atoms with Crippen molar-refractivity contribution in [2.45, 2.75) is 64.6 Å². The van der Waals surface area contributed by atoms with E-state index < -0.39 is 36.5 Å². The maximum Gasteiger partial charge on any atom is 0.329 e. The van der Waals surface area contributed by atoms with Gasteiger partial charge in [0.1, 0.15) is 24.4 Å². The Hall–Kier alpha value is -3.43. The van der Waals surface area contributed by atoms with Gasteiger partial charge < -0.3 is 31.3 Å². The summed E-state index contributed by atoms with van der Waals surface area (Å²) in [5.74, 6) is -2.24. The first-order chi connectivity index (χ1) is 18.2. The number of ether oxygens (including phenoxy) is 1. The number of esters is 1. The molecule has 0 saturated carbocycles. The third kappa shape index (κ3) is 10.5. The summed E-state index contributed by atoms with van der Waals surface area (Å²) in [6, 6.07) is 14.2. The number of nitrogens with two attached hydrogens (primary N) is 1. The van der Waals surface area contributed by atoms with Crippen LogP contribution in [0.3, 0.4) is 0 Å². The normalized spacial score (nSPS) is 13.4. The number of phenols is 1. The second kappa shape index (κ2) is 16.4. The van der Waals surface area contributed by atoms with Gasteiger partial charge >= 0.3 is 5.97 Å². The molecule has 2 aromatic carbocycles. The van der Waals surface area contributed by atoms with Crippen LogP contribution >= 0.6 is 0 Å². The van der Waals surface area contributed by atoms with Crippen LogP contribution < -0.4 is 16.4 Å². The first-order valence-corrected chi connectivity index (χ1v) is 13.1. The summed E-state index contributed by atoms with van der Waals surface area (Å²) in [5, 5.41) is 24.5. The molecule has 2 rings (SSSR count). The molecule has 2 amide bonds. The molecule has 0 aromatic heterocycles. The van der Waals surface area contributed by atoms with Gasteiger partial charge in [0, 0.05) is 18.9 Å². The number of carbonyl (C=O) groups excluding carboxylic acids is 3. The zero-order chi connectivity index (χ0) is 27.9. The van der Waals surface area contributed by atoms with E-state index >= 15 is 0 Å². The van der Waals surface area contributed by atoms with E-state index in [1.165, 1.54) is 0 Å². The van der Waals surface area contributed by atoms with Crippen molar-refractivity contribution in [2.75, 3.05) is 13.2 Å². The van der Waals surface area contributed by atoms with Gasteiger partial charge in [-0.15, -0.1) is 0 Å². The molecule has 3 unspecified atom stereocenters. The molecule has 0 aliphatic heterocycles. The van der Waals surface area contributed by atoms with E-state index in [1.807, 2.05) is 42.5 Å². The smallest absolute Gasteiger partial charge is 0.329 e. The van der Waals surface area contributed by atoms with Gasteiger partial charge in [-0.05, 0) is 55.0 Å². The van der Waals surface area contributed by atoms with Crippen LogP contribution in [-0.4, -0.2) is 53.2 Å². The number of carbonyl (C=O) groups is 3. The maximum atomic E-state index is 13.2. The standard InChI is InChI=1S/C29H41N3O6/c1-20(2)26(29(37)38-19-22-10-6-3-7-11-22)32-28(36)27(23(17-30)18-33)31-25(35)12-8-4-5-9-21-13-15-24(34)16-14-21/h3,6-7,10-11,13-16,20,23,26-27,33-34H,4-5,8-9,12,17-19,30H2,1-2H3,(H,31,35)(H,32,36). The average Bonchev–Trinajstić information content (AvgIpc) is 2.91. The lowest BCUT2D eigenvalue weighted by Crippen LogP contribution is -2.57. The molecule has 2 aromatic rings. The largest absolute Gasteiger partial charge is 0.508 e. The Morgan fingerprint density at radius 3 is 2.18 bits per heavy atom. The van der Waals surface area contributed by atoms with Crippen molar-refractivity contribution in [3.05, 3.63) is 65.7 Å². The van der Waals surface area contributed by atoms with Crippen molar-refractivity contribution < 1.29 is 29.3 Å². The molecule has 6 N–H and O–H groups in total. The van der Waals surface area contributed by atoms with Crippen LogP contribution in [0.2, 0.25) is 0 Å². The number of benzene rings is 2. The molecule has 0 heterocycles. The van der Waals surface area contributed by atoms with Crippen LogP contribution in [0.1, 0.15) is 50.7 Å². The fourth-order valence-electron chi connectivity index (χ4n) is 3.97. The quantitative estimate of drug-likeness (QED) is 0.166. The van der Waals surface area contributed by atoms with Crippen molar-refractivity contribution in [1.29, 1.82) is 0 Å². The molecular formula is C29H41N3O6. The second-order valence-electron chi connectivity index (χ2n) is 9.77. The number of unbranched alkanes of at least 4 members (excludes halogenated alkanes) is 2. The predicted molar refractivity (Wildman–Crippen MR) is 145 cm³/mol. The Balaban J connectivity index is 1.89. The molecule has 9 nitrogen and oxygen atoms in total. The van der Waals surface area contributed by atoms with Crippen LogP contribution in [-0.2, 0) is 32.1 Å². The Kier molecular flexibility index (Phi) is 13.3. The van der Waals surface area contributed by atoms with E-state index in [-0.39, 0.29) is 37.1 Å². The van der Waals surface area contributed by atoms with Crippen molar-refractivity contribution in [3.63, 3.8) is 0 Å². The molecule has 3 atom stereocenters. The van der Waals surface area contributed by atoms with Gasteiger partial charge in [-0.2, -0.15) is 0 Å². The highest BCUT2D eigenvalue weighted by Crippen LogP contribution is 2.14. The minimum atomic E-state index is -1.09. The second-order valence-corrected chi connectivity index (χ2v) is 9.77. The molecule has 0 aliphatic rings. The number of hydrogen-bond acceptors (Lipinski definition) is 7. The molecule has 9 heteroatoms. The summed E-state index contributed by atoms with van der Waals surface area (Å²) >= 11 is 0. The van der Waals surface area contributed by atoms with E-state index in [9.17, 15) is 24.6 Å². The van der Waals surface area contributed by atoms with E-state index in [0.29, 0.717) is 6.42 Å². The molecular weight excluding hydrogens is 486 g/mol. The van der Waals surface area contributed by atoms with E-state index in [4.69, 9.17) is 10.5 Å². The van der Waals surface area contributed by atoms with Gasteiger partial charge in [-0.3, -0.25) is 9.59 Å². The summed E-state index contributed by atoms with van der Waals surface area (Å²) in [6.07, 6.45) is 3.38. The molecule has 0 bridgehead atoms. The zero-order valence-corrected chi connectivity index (χ0v) is 22.3. The Labute approximate surface area is 224 Å². The lowest BCUT2D eigenvalue weighted by Gasteiger charge is -2.28. The van der Waals surface area contributed by atoms with Crippen molar-refractivity contribution >= 4 is 17.8 Å². The molecule has 0 spiro atoms. The monoisotopic (exact) mass is 527 g/mol. The number of nitrogens with one attached hydrogen (secondary N) is 2. The number of amides is 2. The number of phenolic OH excluding ortho intramolecular Hbond substituents is 1. The van der Waals surface area contributed by atoms with Gasteiger partial charge in [0.15, 0.2) is 0 Å².